The topological polar surface area (TPSA) is 77.3 Å². The lowest BCUT2D eigenvalue weighted by Crippen LogP contribution is -2.18. The predicted octanol–water partition coefficient (Wildman–Crippen LogP) is 4.23. The molecule has 6 nitrogen and oxygen atoms in total. The lowest BCUT2D eigenvalue weighted by atomic mass is 9.98. The Bertz CT molecular complexity index is 312. The highest BCUT2D eigenvalue weighted by atomic mass is 16.6. The van der Waals surface area contributed by atoms with E-state index in [1.54, 1.807) is 0 Å². The Morgan fingerprint density at radius 2 is 1.74 bits per heavy atom. The number of unbranched alkanes of at least 4 members (excludes halogenated alkanes) is 2. The summed E-state index contributed by atoms with van der Waals surface area (Å²) in [5.41, 5.74) is 0. The van der Waals surface area contributed by atoms with Gasteiger partial charge in [0.2, 0.25) is 0 Å². The molecular formula is C13H22N2O4. The Morgan fingerprint density at radius 3 is 2.42 bits per heavy atom. The Hall–Kier alpha value is -1.46. The lowest BCUT2D eigenvalue weighted by molar-refractivity contribution is 0.0812. The van der Waals surface area contributed by atoms with Gasteiger partial charge in [0.1, 0.15) is 6.10 Å². The first-order valence-corrected chi connectivity index (χ1v) is 7.01. The molecule has 1 saturated carbocycles. The fourth-order valence-electron chi connectivity index (χ4n) is 1.97. The van der Waals surface area contributed by atoms with Crippen LogP contribution < -0.4 is 0 Å². The van der Waals surface area contributed by atoms with Crippen molar-refractivity contribution < 1.29 is 19.1 Å². The van der Waals surface area contributed by atoms with Crippen LogP contribution in [0.1, 0.15) is 58.3 Å². The van der Waals surface area contributed by atoms with Crippen molar-refractivity contribution in [2.75, 3.05) is 6.61 Å². The number of hydrogen-bond acceptors (Lipinski definition) is 4. The molecule has 0 aromatic heterocycles. The molecule has 1 rings (SSSR count). The average Bonchev–Trinajstić information content (AvgIpc) is 2.42. The fraction of sp³-hybridized carbons (Fsp3) is 0.846. The number of amides is 2. The van der Waals surface area contributed by atoms with Gasteiger partial charge in [0.25, 0.3) is 0 Å². The van der Waals surface area contributed by atoms with Crippen LogP contribution in [0.5, 0.6) is 0 Å². The zero-order chi connectivity index (χ0) is 13.9. The van der Waals surface area contributed by atoms with Crippen molar-refractivity contribution in [2.24, 2.45) is 10.2 Å². The van der Waals surface area contributed by atoms with Crippen molar-refractivity contribution in [1.82, 2.24) is 0 Å². The Morgan fingerprint density at radius 1 is 1.05 bits per heavy atom. The summed E-state index contributed by atoms with van der Waals surface area (Å²) in [5, 5.41) is 6.38. The normalized spacial score (nSPS) is 16.5. The summed E-state index contributed by atoms with van der Waals surface area (Å²) < 4.78 is 9.85. The van der Waals surface area contributed by atoms with Crippen LogP contribution in [0.15, 0.2) is 10.2 Å². The van der Waals surface area contributed by atoms with E-state index in [-0.39, 0.29) is 6.10 Å². The molecule has 0 spiro atoms. The Balaban J connectivity index is 2.15. The summed E-state index contributed by atoms with van der Waals surface area (Å²) >= 11 is 0. The summed E-state index contributed by atoms with van der Waals surface area (Å²) in [6.45, 7) is 2.37. The minimum Gasteiger partial charge on any atom is -0.447 e. The molecule has 0 unspecified atom stereocenters. The molecule has 2 amide bonds. The van der Waals surface area contributed by atoms with Gasteiger partial charge in [0.15, 0.2) is 0 Å². The van der Waals surface area contributed by atoms with Crippen molar-refractivity contribution in [3.63, 3.8) is 0 Å². The van der Waals surface area contributed by atoms with Gasteiger partial charge in [0, 0.05) is 0 Å². The second-order valence-corrected chi connectivity index (χ2v) is 4.67. The van der Waals surface area contributed by atoms with E-state index in [1.807, 2.05) is 0 Å². The van der Waals surface area contributed by atoms with Gasteiger partial charge in [-0.15, -0.1) is 0 Å². The van der Waals surface area contributed by atoms with E-state index in [2.05, 4.69) is 17.2 Å². The number of azo groups is 1. The van der Waals surface area contributed by atoms with Crippen molar-refractivity contribution >= 4 is 12.2 Å². The predicted molar refractivity (Wildman–Crippen MR) is 69.1 cm³/mol. The molecule has 0 bridgehead atoms. The van der Waals surface area contributed by atoms with E-state index in [1.165, 1.54) is 6.42 Å². The molecule has 0 radical (unpaired) electrons. The summed E-state index contributed by atoms with van der Waals surface area (Å²) in [6.07, 6.45) is 6.15. The minimum absolute atomic E-state index is 0.0826. The van der Waals surface area contributed by atoms with Crippen LogP contribution in [0.2, 0.25) is 0 Å². The molecule has 19 heavy (non-hydrogen) atoms. The van der Waals surface area contributed by atoms with Gasteiger partial charge < -0.3 is 9.47 Å². The highest BCUT2D eigenvalue weighted by Gasteiger charge is 2.17. The summed E-state index contributed by atoms with van der Waals surface area (Å²) in [6, 6.07) is 0. The smallest absolute Gasteiger partial charge is 0.447 e. The number of ether oxygens (including phenoxy) is 2. The average molecular weight is 270 g/mol. The van der Waals surface area contributed by atoms with Crippen molar-refractivity contribution in [1.29, 1.82) is 0 Å². The van der Waals surface area contributed by atoms with Gasteiger partial charge in [-0.05, 0) is 32.1 Å². The van der Waals surface area contributed by atoms with E-state index in [0.717, 1.165) is 44.9 Å². The molecule has 0 aliphatic heterocycles. The molecule has 0 N–H and O–H groups in total. The van der Waals surface area contributed by atoms with E-state index >= 15 is 0 Å². The molecule has 1 fully saturated rings. The van der Waals surface area contributed by atoms with Gasteiger partial charge in [-0.1, -0.05) is 36.4 Å². The third kappa shape index (κ3) is 7.54. The molecule has 0 saturated heterocycles. The SMILES string of the molecule is CCCCCOC(=O)N=NC(=O)OC1CCCCC1. The van der Waals surface area contributed by atoms with E-state index in [9.17, 15) is 9.59 Å². The summed E-state index contributed by atoms with van der Waals surface area (Å²) in [4.78, 5) is 22.4. The molecular weight excluding hydrogens is 248 g/mol. The van der Waals surface area contributed by atoms with Gasteiger partial charge >= 0.3 is 12.2 Å². The molecule has 0 atom stereocenters. The van der Waals surface area contributed by atoms with Crippen LogP contribution in [0.4, 0.5) is 9.59 Å². The zero-order valence-electron chi connectivity index (χ0n) is 11.5. The maximum atomic E-state index is 11.3. The lowest BCUT2D eigenvalue weighted by Gasteiger charge is -2.20. The summed E-state index contributed by atoms with van der Waals surface area (Å²) in [5.74, 6) is 0. The first-order chi connectivity index (χ1) is 9.22. The quantitative estimate of drug-likeness (QED) is 0.553. The van der Waals surface area contributed by atoms with Gasteiger partial charge in [-0.2, -0.15) is 0 Å². The minimum atomic E-state index is -0.836. The Labute approximate surface area is 113 Å². The highest BCUT2D eigenvalue weighted by Crippen LogP contribution is 2.20. The number of rotatable bonds is 5. The second kappa shape index (κ2) is 9.47. The van der Waals surface area contributed by atoms with Crippen molar-refractivity contribution in [3.05, 3.63) is 0 Å². The molecule has 6 heteroatoms. The molecule has 1 aliphatic rings. The van der Waals surface area contributed by atoms with Gasteiger partial charge in [-0.25, -0.2) is 9.59 Å². The largest absolute Gasteiger partial charge is 0.452 e. The molecule has 1 aliphatic carbocycles. The maximum Gasteiger partial charge on any atom is 0.452 e. The van der Waals surface area contributed by atoms with Gasteiger partial charge in [0.05, 0.1) is 6.61 Å². The van der Waals surface area contributed by atoms with Crippen molar-refractivity contribution in [2.45, 2.75) is 64.4 Å². The van der Waals surface area contributed by atoms with Crippen LogP contribution in [0, 0.1) is 0 Å². The standard InChI is InChI=1S/C13H22N2O4/c1-2-3-7-10-18-12(16)14-15-13(17)19-11-8-5-4-6-9-11/h11H,2-10H2,1H3. The number of hydrogen-bond donors (Lipinski definition) is 0. The highest BCUT2D eigenvalue weighted by molar-refractivity contribution is 5.73. The van der Waals surface area contributed by atoms with Crippen molar-refractivity contribution in [3.8, 4) is 0 Å². The second-order valence-electron chi connectivity index (χ2n) is 4.67. The number of carbonyl (C=O) groups is 2. The van der Waals surface area contributed by atoms with E-state index < -0.39 is 12.2 Å². The molecule has 0 heterocycles. The Kier molecular flexibility index (Phi) is 7.77. The van der Waals surface area contributed by atoms with Gasteiger partial charge in [-0.3, -0.25) is 0 Å². The molecule has 108 valence electrons. The first-order valence-electron chi connectivity index (χ1n) is 7.01. The number of carbonyl (C=O) groups excluding carboxylic acids is 2. The van der Waals surface area contributed by atoms with E-state index in [4.69, 9.17) is 9.47 Å². The zero-order valence-corrected chi connectivity index (χ0v) is 11.5. The molecule has 0 aromatic carbocycles. The van der Waals surface area contributed by atoms with Crippen LogP contribution in [-0.4, -0.2) is 24.9 Å². The van der Waals surface area contributed by atoms with Crippen LogP contribution in [0.25, 0.3) is 0 Å². The fourth-order valence-corrected chi connectivity index (χ4v) is 1.97. The number of nitrogens with zero attached hydrogens (tertiary/aromatic N) is 2. The maximum absolute atomic E-state index is 11.3. The first kappa shape index (κ1) is 15.6. The third-order valence-corrected chi connectivity index (χ3v) is 3.01. The van der Waals surface area contributed by atoms with E-state index in [0.29, 0.717) is 6.61 Å². The van der Waals surface area contributed by atoms with Crippen LogP contribution in [0.3, 0.4) is 0 Å². The van der Waals surface area contributed by atoms with Crippen LogP contribution in [-0.2, 0) is 9.47 Å². The third-order valence-electron chi connectivity index (χ3n) is 3.01. The summed E-state index contributed by atoms with van der Waals surface area (Å²) in [7, 11) is 0. The monoisotopic (exact) mass is 270 g/mol. The van der Waals surface area contributed by atoms with Crippen LogP contribution >= 0.6 is 0 Å². The molecule has 0 aromatic rings.